The second-order valence-corrected chi connectivity index (χ2v) is 3.86. The first-order valence-electron chi connectivity index (χ1n) is 4.92. The Morgan fingerprint density at radius 1 is 1.31 bits per heavy atom. The van der Waals surface area contributed by atoms with E-state index in [2.05, 4.69) is 10.3 Å². The normalized spacial score (nSPS) is 30.0. The van der Waals surface area contributed by atoms with Gasteiger partial charge in [-0.3, -0.25) is 0 Å². The molecular formula is C9H15N3O. The number of hydrogen-bond donors (Lipinski definition) is 2. The molecule has 0 aromatic heterocycles. The van der Waals surface area contributed by atoms with E-state index in [1.54, 1.807) is 0 Å². The van der Waals surface area contributed by atoms with Crippen LogP contribution in [-0.4, -0.2) is 17.9 Å². The van der Waals surface area contributed by atoms with Gasteiger partial charge in [0.2, 0.25) is 0 Å². The Kier molecular flexibility index (Phi) is 2.20. The SMILES string of the molecule is NC1=NC(=O)NC1C1CCCCC1. The number of nitrogens with zero attached hydrogens (tertiary/aromatic N) is 1. The Morgan fingerprint density at radius 3 is 2.54 bits per heavy atom. The average molecular weight is 181 g/mol. The summed E-state index contributed by atoms with van der Waals surface area (Å²) in [7, 11) is 0. The fourth-order valence-corrected chi connectivity index (χ4v) is 2.25. The van der Waals surface area contributed by atoms with E-state index in [1.807, 2.05) is 0 Å². The van der Waals surface area contributed by atoms with Gasteiger partial charge in [-0.1, -0.05) is 19.3 Å². The van der Waals surface area contributed by atoms with Crippen molar-refractivity contribution in [1.82, 2.24) is 5.32 Å². The molecule has 4 heteroatoms. The summed E-state index contributed by atoms with van der Waals surface area (Å²) in [5.41, 5.74) is 5.67. The van der Waals surface area contributed by atoms with Crippen LogP contribution in [-0.2, 0) is 0 Å². The number of carbonyl (C=O) groups is 1. The van der Waals surface area contributed by atoms with Gasteiger partial charge in [0.1, 0.15) is 5.84 Å². The van der Waals surface area contributed by atoms with Crippen LogP contribution < -0.4 is 11.1 Å². The Balaban J connectivity index is 2.00. The molecule has 1 aliphatic carbocycles. The van der Waals surface area contributed by atoms with Gasteiger partial charge in [-0.2, -0.15) is 4.99 Å². The molecule has 0 bridgehead atoms. The lowest BCUT2D eigenvalue weighted by atomic mass is 9.84. The van der Waals surface area contributed by atoms with Gasteiger partial charge < -0.3 is 11.1 Å². The van der Waals surface area contributed by atoms with Gasteiger partial charge in [-0.25, -0.2) is 4.79 Å². The van der Waals surface area contributed by atoms with Gasteiger partial charge in [0.15, 0.2) is 0 Å². The molecule has 72 valence electrons. The largest absolute Gasteiger partial charge is 0.385 e. The Bertz CT molecular complexity index is 243. The summed E-state index contributed by atoms with van der Waals surface area (Å²) < 4.78 is 0. The molecule has 1 heterocycles. The maximum Gasteiger partial charge on any atom is 0.343 e. The number of rotatable bonds is 1. The van der Waals surface area contributed by atoms with Crippen molar-refractivity contribution in [2.45, 2.75) is 38.1 Å². The molecule has 0 saturated heterocycles. The summed E-state index contributed by atoms with van der Waals surface area (Å²) >= 11 is 0. The van der Waals surface area contributed by atoms with Crippen LogP contribution in [0.15, 0.2) is 4.99 Å². The number of amides is 2. The second-order valence-electron chi connectivity index (χ2n) is 3.86. The van der Waals surface area contributed by atoms with Crippen LogP contribution in [0.25, 0.3) is 0 Å². The molecule has 0 aromatic rings. The van der Waals surface area contributed by atoms with Gasteiger partial charge in [-0.05, 0) is 18.8 Å². The summed E-state index contributed by atoms with van der Waals surface area (Å²) in [6.07, 6.45) is 6.16. The van der Waals surface area contributed by atoms with Crippen LogP contribution >= 0.6 is 0 Å². The summed E-state index contributed by atoms with van der Waals surface area (Å²) in [4.78, 5) is 14.6. The highest BCUT2D eigenvalue weighted by atomic mass is 16.2. The van der Waals surface area contributed by atoms with Crippen LogP contribution in [0, 0.1) is 5.92 Å². The third-order valence-corrected chi connectivity index (χ3v) is 2.95. The quantitative estimate of drug-likeness (QED) is 0.634. The number of nitrogens with one attached hydrogen (secondary N) is 1. The zero-order chi connectivity index (χ0) is 9.26. The molecule has 1 saturated carbocycles. The minimum absolute atomic E-state index is 0.0211. The second kappa shape index (κ2) is 3.36. The minimum Gasteiger partial charge on any atom is -0.385 e. The van der Waals surface area contributed by atoms with E-state index in [0.717, 1.165) is 0 Å². The third-order valence-electron chi connectivity index (χ3n) is 2.95. The van der Waals surface area contributed by atoms with Crippen LogP contribution in [0.3, 0.4) is 0 Å². The fourth-order valence-electron chi connectivity index (χ4n) is 2.25. The highest BCUT2D eigenvalue weighted by Gasteiger charge is 2.31. The van der Waals surface area contributed by atoms with Gasteiger partial charge >= 0.3 is 6.03 Å². The van der Waals surface area contributed by atoms with Crippen molar-refractivity contribution in [3.63, 3.8) is 0 Å². The van der Waals surface area contributed by atoms with E-state index in [-0.39, 0.29) is 12.1 Å². The molecule has 2 amide bonds. The molecule has 0 radical (unpaired) electrons. The number of urea groups is 1. The standard InChI is InChI=1S/C9H15N3O/c10-8-7(11-9(13)12-8)6-4-2-1-3-5-6/h6-7H,1-5H2,(H3,10,11,12,13). The zero-order valence-corrected chi connectivity index (χ0v) is 7.62. The molecule has 2 aliphatic rings. The maximum absolute atomic E-state index is 10.9. The number of amidine groups is 1. The molecule has 0 spiro atoms. The molecule has 1 atom stereocenters. The predicted molar refractivity (Wildman–Crippen MR) is 50.5 cm³/mol. The van der Waals surface area contributed by atoms with E-state index in [9.17, 15) is 4.79 Å². The number of aliphatic imine (C=N–C) groups is 1. The molecule has 1 unspecified atom stereocenters. The Hall–Kier alpha value is -1.06. The predicted octanol–water partition coefficient (Wildman–Crippen LogP) is 1.02. The molecule has 0 aromatic carbocycles. The van der Waals surface area contributed by atoms with Crippen LogP contribution in [0.1, 0.15) is 32.1 Å². The van der Waals surface area contributed by atoms with Crippen molar-refractivity contribution in [2.24, 2.45) is 16.6 Å². The summed E-state index contributed by atoms with van der Waals surface area (Å²) in [6.45, 7) is 0. The van der Waals surface area contributed by atoms with Crippen molar-refractivity contribution in [3.05, 3.63) is 0 Å². The molecule has 13 heavy (non-hydrogen) atoms. The van der Waals surface area contributed by atoms with Crippen LogP contribution in [0.5, 0.6) is 0 Å². The van der Waals surface area contributed by atoms with Crippen molar-refractivity contribution in [1.29, 1.82) is 0 Å². The minimum atomic E-state index is -0.270. The summed E-state index contributed by atoms with van der Waals surface area (Å²) in [6, 6.07) is -0.249. The van der Waals surface area contributed by atoms with Crippen LogP contribution in [0.2, 0.25) is 0 Å². The lowest BCUT2D eigenvalue weighted by Gasteiger charge is -2.26. The fraction of sp³-hybridized carbons (Fsp3) is 0.778. The highest BCUT2D eigenvalue weighted by molar-refractivity contribution is 6.02. The molecule has 1 aliphatic heterocycles. The zero-order valence-electron chi connectivity index (χ0n) is 7.62. The molecular weight excluding hydrogens is 166 g/mol. The topological polar surface area (TPSA) is 67.5 Å². The smallest absolute Gasteiger partial charge is 0.343 e. The summed E-state index contributed by atoms with van der Waals surface area (Å²) in [5.74, 6) is 1.00. The van der Waals surface area contributed by atoms with E-state index in [0.29, 0.717) is 11.8 Å². The van der Waals surface area contributed by atoms with Crippen molar-refractivity contribution in [3.8, 4) is 0 Å². The van der Waals surface area contributed by atoms with E-state index >= 15 is 0 Å². The lowest BCUT2D eigenvalue weighted by molar-refractivity contribution is 0.244. The van der Waals surface area contributed by atoms with Crippen molar-refractivity contribution < 1.29 is 4.79 Å². The molecule has 2 rings (SSSR count). The average Bonchev–Trinajstić information content (AvgIpc) is 2.47. The van der Waals surface area contributed by atoms with Gasteiger partial charge in [0, 0.05) is 0 Å². The molecule has 3 N–H and O–H groups in total. The highest BCUT2D eigenvalue weighted by Crippen LogP contribution is 2.27. The Morgan fingerprint density at radius 2 is 2.00 bits per heavy atom. The maximum atomic E-state index is 10.9. The number of carbonyl (C=O) groups excluding carboxylic acids is 1. The Labute approximate surface area is 77.6 Å². The van der Waals surface area contributed by atoms with Gasteiger partial charge in [0.05, 0.1) is 6.04 Å². The lowest BCUT2D eigenvalue weighted by Crippen LogP contribution is -2.43. The first kappa shape index (κ1) is 8.53. The first-order valence-corrected chi connectivity index (χ1v) is 4.92. The van der Waals surface area contributed by atoms with E-state index in [1.165, 1.54) is 32.1 Å². The van der Waals surface area contributed by atoms with Crippen molar-refractivity contribution in [2.75, 3.05) is 0 Å². The molecule has 4 nitrogen and oxygen atoms in total. The first-order chi connectivity index (χ1) is 6.27. The van der Waals surface area contributed by atoms with E-state index < -0.39 is 0 Å². The van der Waals surface area contributed by atoms with E-state index in [4.69, 9.17) is 5.73 Å². The third kappa shape index (κ3) is 1.66. The van der Waals surface area contributed by atoms with Crippen molar-refractivity contribution >= 4 is 11.9 Å². The van der Waals surface area contributed by atoms with Crippen LogP contribution in [0.4, 0.5) is 4.79 Å². The van der Waals surface area contributed by atoms with Gasteiger partial charge in [0.25, 0.3) is 0 Å². The van der Waals surface area contributed by atoms with Gasteiger partial charge in [-0.15, -0.1) is 0 Å². The number of nitrogens with two attached hydrogens (primary N) is 1. The number of hydrogen-bond acceptors (Lipinski definition) is 2. The summed E-state index contributed by atoms with van der Waals surface area (Å²) in [5, 5.41) is 2.81. The monoisotopic (exact) mass is 181 g/mol. The molecule has 1 fully saturated rings.